The summed E-state index contributed by atoms with van der Waals surface area (Å²) in [7, 11) is 0. The molecule has 0 unspecified atom stereocenters. The van der Waals surface area contributed by atoms with Gasteiger partial charge in [-0.25, -0.2) is 9.37 Å². The molecule has 25 heavy (non-hydrogen) atoms. The molecule has 1 aromatic carbocycles. The Bertz CT molecular complexity index is 808. The molecule has 0 aliphatic rings. The number of anilines is 1. The van der Waals surface area contributed by atoms with Crippen LogP contribution >= 0.6 is 0 Å². The number of aldehydes is 1. The minimum Gasteiger partial charge on any atom is -0.306 e. The number of hydrazone groups is 1. The summed E-state index contributed by atoms with van der Waals surface area (Å²) in [6, 6.07) is 5.41. The van der Waals surface area contributed by atoms with E-state index in [2.05, 4.69) is 15.5 Å². The van der Waals surface area contributed by atoms with E-state index >= 15 is 0 Å². The lowest BCUT2D eigenvalue weighted by molar-refractivity contribution is -0.137. The number of hydrogen-bond donors (Lipinski definition) is 2. The summed E-state index contributed by atoms with van der Waals surface area (Å²) in [5.41, 5.74) is 1.96. The molecular weight excluding hydrogens is 340 g/mol. The summed E-state index contributed by atoms with van der Waals surface area (Å²) >= 11 is 0. The van der Waals surface area contributed by atoms with Gasteiger partial charge in [-0.2, -0.15) is 18.3 Å². The molecule has 9 heteroatoms. The average Bonchev–Trinajstić information content (AvgIpc) is 2.55. The highest BCUT2D eigenvalue weighted by Gasteiger charge is 2.31. The number of alkyl halides is 3. The van der Waals surface area contributed by atoms with Crippen molar-refractivity contribution in [1.29, 1.82) is 5.41 Å². The molecular formula is C16H12F4N4O. The average molecular weight is 352 g/mol. The highest BCUT2D eigenvalue weighted by Crippen LogP contribution is 2.31. The van der Waals surface area contributed by atoms with Gasteiger partial charge in [0.15, 0.2) is 6.29 Å². The molecule has 0 bridgehead atoms. The van der Waals surface area contributed by atoms with Crippen molar-refractivity contribution in [2.45, 2.75) is 12.6 Å². The van der Waals surface area contributed by atoms with Crippen LogP contribution in [0.25, 0.3) is 0 Å². The molecule has 0 spiro atoms. The molecule has 0 saturated heterocycles. The molecule has 0 aliphatic carbocycles. The van der Waals surface area contributed by atoms with Gasteiger partial charge in [-0.15, -0.1) is 0 Å². The van der Waals surface area contributed by atoms with Gasteiger partial charge in [0.05, 0.1) is 5.56 Å². The third-order valence-corrected chi connectivity index (χ3v) is 3.09. The maximum Gasteiger partial charge on any atom is 0.416 e. The van der Waals surface area contributed by atoms with Crippen LogP contribution in [0.5, 0.6) is 0 Å². The Labute approximate surface area is 139 Å². The molecule has 0 saturated carbocycles. The number of halogens is 4. The van der Waals surface area contributed by atoms with Crippen LogP contribution in [0.3, 0.4) is 0 Å². The lowest BCUT2D eigenvalue weighted by Crippen LogP contribution is -2.07. The first kappa shape index (κ1) is 18.2. The fraction of sp³-hybridized carbons (Fsp3) is 0.125. The zero-order valence-electron chi connectivity index (χ0n) is 12.6. The molecule has 0 amide bonds. The minimum absolute atomic E-state index is 0.0485. The number of nitrogens with one attached hydrogen (secondary N) is 2. The number of rotatable bonds is 6. The van der Waals surface area contributed by atoms with E-state index in [0.717, 1.165) is 18.3 Å². The van der Waals surface area contributed by atoms with Crippen LogP contribution in [-0.2, 0) is 17.4 Å². The molecule has 0 atom stereocenters. The Morgan fingerprint density at radius 3 is 2.64 bits per heavy atom. The first-order valence-electron chi connectivity index (χ1n) is 6.93. The van der Waals surface area contributed by atoms with Crippen LogP contribution in [0.1, 0.15) is 16.7 Å². The monoisotopic (exact) mass is 352 g/mol. The first-order valence-corrected chi connectivity index (χ1v) is 6.93. The number of benzene rings is 1. The highest BCUT2D eigenvalue weighted by atomic mass is 19.4. The van der Waals surface area contributed by atoms with E-state index in [1.165, 1.54) is 12.3 Å². The molecule has 2 aromatic rings. The van der Waals surface area contributed by atoms with Gasteiger partial charge in [0.2, 0.25) is 0 Å². The third-order valence-electron chi connectivity index (χ3n) is 3.09. The fourth-order valence-corrected chi connectivity index (χ4v) is 2.01. The van der Waals surface area contributed by atoms with Gasteiger partial charge >= 0.3 is 6.18 Å². The maximum atomic E-state index is 13.4. The standard InChI is InChI=1S/C16H12F4N4O/c17-13-5-11(4-12(7-13)16(18,19)20)3-10-1-2-22-15(6-10)24-23-14(8-21)9-25/h1-2,4-9,21H,3H2,(H,22,24)/b21-8?,23-14+. The zero-order chi connectivity index (χ0) is 18.4. The Morgan fingerprint density at radius 2 is 2.00 bits per heavy atom. The van der Waals surface area contributed by atoms with Crippen molar-refractivity contribution in [2.24, 2.45) is 5.10 Å². The topological polar surface area (TPSA) is 78.2 Å². The number of carbonyl (C=O) groups is 1. The molecule has 1 aromatic heterocycles. The van der Waals surface area contributed by atoms with Gasteiger partial charge in [0.25, 0.3) is 0 Å². The third kappa shape index (κ3) is 5.20. The first-order chi connectivity index (χ1) is 11.8. The van der Waals surface area contributed by atoms with E-state index < -0.39 is 17.6 Å². The van der Waals surface area contributed by atoms with E-state index in [-0.39, 0.29) is 23.5 Å². The summed E-state index contributed by atoms with van der Waals surface area (Å²) in [6.07, 6.45) is -2.08. The Morgan fingerprint density at radius 1 is 1.24 bits per heavy atom. The smallest absolute Gasteiger partial charge is 0.306 e. The van der Waals surface area contributed by atoms with Crippen molar-refractivity contribution >= 4 is 24.0 Å². The number of hydrogen-bond acceptors (Lipinski definition) is 5. The van der Waals surface area contributed by atoms with Crippen LogP contribution in [0.4, 0.5) is 23.4 Å². The fourth-order valence-electron chi connectivity index (χ4n) is 2.01. The predicted molar refractivity (Wildman–Crippen MR) is 84.4 cm³/mol. The van der Waals surface area contributed by atoms with Gasteiger partial charge in [0, 0.05) is 12.4 Å². The van der Waals surface area contributed by atoms with Crippen LogP contribution in [0.15, 0.2) is 41.6 Å². The SMILES string of the molecule is N=C/C(C=O)=N\Nc1cc(Cc2cc(F)cc(C(F)(F)F)c2)ccn1. The van der Waals surface area contributed by atoms with Crippen molar-refractivity contribution in [3.05, 3.63) is 59.0 Å². The lowest BCUT2D eigenvalue weighted by atomic mass is 10.0. The van der Waals surface area contributed by atoms with Crippen molar-refractivity contribution in [3.63, 3.8) is 0 Å². The van der Waals surface area contributed by atoms with E-state index in [4.69, 9.17) is 5.41 Å². The molecule has 5 nitrogen and oxygen atoms in total. The van der Waals surface area contributed by atoms with Gasteiger partial charge in [-0.1, -0.05) is 0 Å². The summed E-state index contributed by atoms with van der Waals surface area (Å²) in [5, 5.41) is 10.6. The molecule has 0 aliphatic heterocycles. The van der Waals surface area contributed by atoms with Crippen LogP contribution < -0.4 is 5.43 Å². The summed E-state index contributed by atoms with van der Waals surface area (Å²) in [6.45, 7) is 0. The minimum atomic E-state index is -4.63. The number of pyridine rings is 1. The quantitative estimate of drug-likeness (QED) is 0.362. The van der Waals surface area contributed by atoms with Gasteiger partial charge < -0.3 is 5.41 Å². The summed E-state index contributed by atoms with van der Waals surface area (Å²) in [4.78, 5) is 14.5. The number of nitrogens with zero attached hydrogens (tertiary/aromatic N) is 2. The van der Waals surface area contributed by atoms with E-state index in [0.29, 0.717) is 17.9 Å². The molecule has 0 radical (unpaired) electrons. The Hall–Kier alpha value is -3.10. The van der Waals surface area contributed by atoms with Crippen LogP contribution in [0, 0.1) is 11.2 Å². The molecule has 1 heterocycles. The van der Waals surface area contributed by atoms with Crippen molar-refractivity contribution in [1.82, 2.24) is 4.98 Å². The largest absolute Gasteiger partial charge is 0.416 e. The molecule has 130 valence electrons. The zero-order valence-corrected chi connectivity index (χ0v) is 12.6. The Balaban J connectivity index is 2.22. The molecule has 0 fully saturated rings. The lowest BCUT2D eigenvalue weighted by Gasteiger charge is -2.10. The highest BCUT2D eigenvalue weighted by molar-refractivity contribution is 6.53. The second kappa shape index (κ2) is 7.65. The molecule has 2 N–H and O–H groups in total. The molecule has 2 rings (SSSR count). The number of aromatic nitrogens is 1. The van der Waals surface area contributed by atoms with Crippen molar-refractivity contribution < 1.29 is 22.4 Å². The van der Waals surface area contributed by atoms with Crippen molar-refractivity contribution in [2.75, 3.05) is 5.43 Å². The normalized spacial score (nSPS) is 11.9. The van der Waals surface area contributed by atoms with E-state index in [9.17, 15) is 22.4 Å². The van der Waals surface area contributed by atoms with Gasteiger partial charge in [-0.05, 0) is 47.9 Å². The van der Waals surface area contributed by atoms with Crippen LogP contribution in [-0.4, -0.2) is 23.2 Å². The summed E-state index contributed by atoms with van der Waals surface area (Å²) < 4.78 is 51.7. The van der Waals surface area contributed by atoms with Crippen LogP contribution in [0.2, 0.25) is 0 Å². The second-order valence-corrected chi connectivity index (χ2v) is 4.98. The maximum absolute atomic E-state index is 13.4. The van der Waals surface area contributed by atoms with Gasteiger partial charge in [0.1, 0.15) is 17.3 Å². The Kier molecular flexibility index (Phi) is 5.58. The second-order valence-electron chi connectivity index (χ2n) is 4.98. The van der Waals surface area contributed by atoms with Gasteiger partial charge in [-0.3, -0.25) is 10.2 Å². The van der Waals surface area contributed by atoms with E-state index in [1.807, 2.05) is 0 Å². The van der Waals surface area contributed by atoms with E-state index in [1.54, 1.807) is 6.07 Å². The van der Waals surface area contributed by atoms with Crippen molar-refractivity contribution in [3.8, 4) is 0 Å². The number of carbonyl (C=O) groups excluding carboxylic acids is 1. The predicted octanol–water partition coefficient (Wildman–Crippen LogP) is 3.45. The summed E-state index contributed by atoms with van der Waals surface area (Å²) in [5.74, 6) is -0.741.